The van der Waals surface area contributed by atoms with Gasteiger partial charge in [0.2, 0.25) is 0 Å². The molecule has 0 aromatic carbocycles. The fourth-order valence-electron chi connectivity index (χ4n) is 1.48. The van der Waals surface area contributed by atoms with Crippen molar-refractivity contribution in [1.82, 2.24) is 10.5 Å². The highest BCUT2D eigenvalue weighted by molar-refractivity contribution is 7.99. The molecule has 0 unspecified atom stereocenters. The van der Waals surface area contributed by atoms with Gasteiger partial charge in [0.1, 0.15) is 5.76 Å². The second-order valence-corrected chi connectivity index (χ2v) is 4.47. The maximum Gasteiger partial charge on any atom is 0.150 e. The molecule has 1 aliphatic rings. The van der Waals surface area contributed by atoms with Crippen molar-refractivity contribution in [1.29, 1.82) is 0 Å². The molecule has 0 bridgehead atoms. The van der Waals surface area contributed by atoms with E-state index in [9.17, 15) is 0 Å². The predicted octanol–water partition coefficient (Wildman–Crippen LogP) is 1.66. The van der Waals surface area contributed by atoms with Crippen LogP contribution >= 0.6 is 11.8 Å². The summed E-state index contributed by atoms with van der Waals surface area (Å²) in [7, 11) is 0. The van der Waals surface area contributed by atoms with Gasteiger partial charge in [-0.1, -0.05) is 5.16 Å². The molecule has 2 heterocycles. The largest absolute Gasteiger partial charge is 0.360 e. The van der Waals surface area contributed by atoms with Crippen molar-refractivity contribution >= 4 is 11.8 Å². The molecule has 0 atom stereocenters. The molecule has 0 spiro atoms. The zero-order valence-electron chi connectivity index (χ0n) is 7.53. The maximum atomic E-state index is 5.01. The lowest BCUT2D eigenvalue weighted by Gasteiger charge is -2.21. The van der Waals surface area contributed by atoms with E-state index in [1.165, 1.54) is 24.3 Å². The molecule has 1 fully saturated rings. The Hall–Kier alpha value is -0.480. The number of nitrogens with zero attached hydrogens (tertiary/aromatic N) is 1. The van der Waals surface area contributed by atoms with Crippen LogP contribution in [0.3, 0.4) is 0 Å². The van der Waals surface area contributed by atoms with Gasteiger partial charge in [-0.3, -0.25) is 0 Å². The number of nitrogens with one attached hydrogen (secondary N) is 1. The lowest BCUT2D eigenvalue weighted by Crippen LogP contribution is -2.31. The average Bonchev–Trinajstić information content (AvgIpc) is 2.69. The number of aromatic nitrogens is 1. The second-order valence-electron chi connectivity index (χ2n) is 3.25. The Bertz CT molecular complexity index is 232. The van der Waals surface area contributed by atoms with Crippen LogP contribution in [0.4, 0.5) is 0 Å². The molecule has 2 rings (SSSR count). The van der Waals surface area contributed by atoms with Crippen LogP contribution in [-0.4, -0.2) is 22.7 Å². The Morgan fingerprint density at radius 2 is 2.38 bits per heavy atom. The van der Waals surface area contributed by atoms with Crippen molar-refractivity contribution < 1.29 is 4.52 Å². The molecule has 1 N–H and O–H groups in total. The first-order valence-electron chi connectivity index (χ1n) is 4.66. The van der Waals surface area contributed by atoms with E-state index in [-0.39, 0.29) is 0 Å². The SMILES string of the molecule is c1cc(CNC2CCSCC2)on1. The number of hydrogen-bond acceptors (Lipinski definition) is 4. The molecule has 1 aromatic heterocycles. The highest BCUT2D eigenvalue weighted by atomic mass is 32.2. The van der Waals surface area contributed by atoms with Crippen molar-refractivity contribution in [2.45, 2.75) is 25.4 Å². The minimum atomic E-state index is 0.673. The quantitative estimate of drug-likeness (QED) is 0.801. The van der Waals surface area contributed by atoms with Gasteiger partial charge < -0.3 is 9.84 Å². The lowest BCUT2D eigenvalue weighted by molar-refractivity contribution is 0.358. The average molecular weight is 198 g/mol. The summed E-state index contributed by atoms with van der Waals surface area (Å²) in [4.78, 5) is 0. The highest BCUT2D eigenvalue weighted by Gasteiger charge is 2.12. The molecule has 3 nitrogen and oxygen atoms in total. The third kappa shape index (κ3) is 2.74. The van der Waals surface area contributed by atoms with Crippen molar-refractivity contribution in [2.24, 2.45) is 0 Å². The highest BCUT2D eigenvalue weighted by Crippen LogP contribution is 2.17. The third-order valence-corrected chi connectivity index (χ3v) is 3.33. The summed E-state index contributed by atoms with van der Waals surface area (Å²) in [6.07, 6.45) is 4.24. The van der Waals surface area contributed by atoms with Gasteiger partial charge in [-0.05, 0) is 24.3 Å². The maximum absolute atomic E-state index is 5.01. The standard InChI is InChI=1S/C9H14N2OS/c1-4-11-12-9(1)7-10-8-2-5-13-6-3-8/h1,4,8,10H,2-3,5-7H2. The van der Waals surface area contributed by atoms with Crippen molar-refractivity contribution in [2.75, 3.05) is 11.5 Å². The minimum Gasteiger partial charge on any atom is -0.360 e. The van der Waals surface area contributed by atoms with Crippen LogP contribution in [-0.2, 0) is 6.54 Å². The Kier molecular flexibility index (Phi) is 3.27. The summed E-state index contributed by atoms with van der Waals surface area (Å²) < 4.78 is 5.01. The van der Waals surface area contributed by atoms with E-state index in [1.807, 2.05) is 17.8 Å². The zero-order chi connectivity index (χ0) is 8.93. The van der Waals surface area contributed by atoms with E-state index in [0.717, 1.165) is 12.3 Å². The van der Waals surface area contributed by atoms with Crippen LogP contribution in [0.25, 0.3) is 0 Å². The van der Waals surface area contributed by atoms with Crippen LogP contribution in [0.1, 0.15) is 18.6 Å². The van der Waals surface area contributed by atoms with Crippen LogP contribution in [0, 0.1) is 0 Å². The summed E-state index contributed by atoms with van der Waals surface area (Å²) in [5.74, 6) is 3.50. The third-order valence-electron chi connectivity index (χ3n) is 2.28. The first-order chi connectivity index (χ1) is 6.45. The van der Waals surface area contributed by atoms with E-state index >= 15 is 0 Å². The van der Waals surface area contributed by atoms with Crippen LogP contribution < -0.4 is 5.32 Å². The molecule has 1 saturated heterocycles. The molecule has 1 aromatic rings. The van der Waals surface area contributed by atoms with Crippen molar-refractivity contribution in [3.05, 3.63) is 18.0 Å². The molecular weight excluding hydrogens is 184 g/mol. The van der Waals surface area contributed by atoms with Gasteiger partial charge in [0.05, 0.1) is 12.7 Å². The number of hydrogen-bond donors (Lipinski definition) is 1. The van der Waals surface area contributed by atoms with Crippen LogP contribution in [0.5, 0.6) is 0 Å². The summed E-state index contributed by atoms with van der Waals surface area (Å²) in [6.45, 7) is 0.815. The van der Waals surface area contributed by atoms with Gasteiger partial charge in [0.15, 0.2) is 0 Å². The first kappa shape index (κ1) is 9.09. The van der Waals surface area contributed by atoms with Gasteiger partial charge in [-0.15, -0.1) is 0 Å². The molecule has 0 aliphatic carbocycles. The van der Waals surface area contributed by atoms with E-state index < -0.39 is 0 Å². The predicted molar refractivity (Wildman–Crippen MR) is 53.7 cm³/mol. The summed E-state index contributed by atoms with van der Waals surface area (Å²) in [5.41, 5.74) is 0. The molecule has 0 amide bonds. The lowest BCUT2D eigenvalue weighted by atomic mass is 10.1. The molecule has 1 aliphatic heterocycles. The van der Waals surface area contributed by atoms with E-state index in [0.29, 0.717) is 6.04 Å². The summed E-state index contributed by atoms with van der Waals surface area (Å²) >= 11 is 2.05. The fourth-order valence-corrected chi connectivity index (χ4v) is 2.59. The van der Waals surface area contributed by atoms with Gasteiger partial charge in [0, 0.05) is 12.1 Å². The Labute approximate surface area is 82.3 Å². The van der Waals surface area contributed by atoms with E-state index in [2.05, 4.69) is 10.5 Å². The van der Waals surface area contributed by atoms with Crippen molar-refractivity contribution in [3.8, 4) is 0 Å². The minimum absolute atomic E-state index is 0.673. The molecule has 72 valence electrons. The summed E-state index contributed by atoms with van der Waals surface area (Å²) in [6, 6.07) is 2.58. The molecule has 4 heteroatoms. The van der Waals surface area contributed by atoms with Gasteiger partial charge in [0.25, 0.3) is 0 Å². The number of rotatable bonds is 3. The second kappa shape index (κ2) is 4.67. The van der Waals surface area contributed by atoms with Crippen molar-refractivity contribution in [3.63, 3.8) is 0 Å². The summed E-state index contributed by atoms with van der Waals surface area (Å²) in [5, 5.41) is 7.14. The molecule has 0 radical (unpaired) electrons. The Morgan fingerprint density at radius 1 is 1.54 bits per heavy atom. The smallest absolute Gasteiger partial charge is 0.150 e. The van der Waals surface area contributed by atoms with Gasteiger partial charge >= 0.3 is 0 Å². The zero-order valence-corrected chi connectivity index (χ0v) is 8.35. The topological polar surface area (TPSA) is 38.1 Å². The van der Waals surface area contributed by atoms with Crippen LogP contribution in [0.2, 0.25) is 0 Å². The van der Waals surface area contributed by atoms with E-state index in [4.69, 9.17) is 4.52 Å². The molecular formula is C9H14N2OS. The van der Waals surface area contributed by atoms with Gasteiger partial charge in [-0.2, -0.15) is 11.8 Å². The van der Waals surface area contributed by atoms with Gasteiger partial charge in [-0.25, -0.2) is 0 Å². The number of thioether (sulfide) groups is 1. The van der Waals surface area contributed by atoms with E-state index in [1.54, 1.807) is 6.20 Å². The normalized spacial score (nSPS) is 19.1. The fraction of sp³-hybridized carbons (Fsp3) is 0.667. The Balaban J connectivity index is 1.72. The molecule has 13 heavy (non-hydrogen) atoms. The van der Waals surface area contributed by atoms with Crippen LogP contribution in [0.15, 0.2) is 16.8 Å². The first-order valence-corrected chi connectivity index (χ1v) is 5.81. The Morgan fingerprint density at radius 3 is 3.08 bits per heavy atom. The monoisotopic (exact) mass is 198 g/mol. The molecule has 0 saturated carbocycles.